The van der Waals surface area contributed by atoms with Gasteiger partial charge in [0, 0.05) is 23.2 Å². The molecule has 5 nitrogen and oxygen atoms in total. The molecule has 6 heteroatoms. The number of ether oxygens (including phenoxy) is 2. The standard InChI is InChI=1S/C16H21BrN2O3/c1-11-3-2-4-19(9-11)10-16(20)18-13-8-15-14(7-12(13)17)21-5-6-22-15/h7-8,11H,2-6,9-10H2,1H3,(H,18,20)/t11-/m1/s1. The van der Waals surface area contributed by atoms with E-state index in [0.29, 0.717) is 37.2 Å². The van der Waals surface area contributed by atoms with E-state index >= 15 is 0 Å². The van der Waals surface area contributed by atoms with Gasteiger partial charge in [-0.05, 0) is 41.2 Å². The van der Waals surface area contributed by atoms with Crippen LogP contribution in [0.5, 0.6) is 11.5 Å². The highest BCUT2D eigenvalue weighted by molar-refractivity contribution is 9.10. The molecule has 120 valence electrons. The van der Waals surface area contributed by atoms with E-state index in [1.165, 1.54) is 12.8 Å². The summed E-state index contributed by atoms with van der Waals surface area (Å²) >= 11 is 3.47. The van der Waals surface area contributed by atoms with E-state index in [2.05, 4.69) is 33.1 Å². The summed E-state index contributed by atoms with van der Waals surface area (Å²) in [5.41, 5.74) is 0.722. The average molecular weight is 369 g/mol. The van der Waals surface area contributed by atoms with Crippen molar-refractivity contribution in [3.8, 4) is 11.5 Å². The minimum Gasteiger partial charge on any atom is -0.486 e. The quantitative estimate of drug-likeness (QED) is 0.890. The number of carbonyl (C=O) groups excluding carboxylic acids is 1. The van der Waals surface area contributed by atoms with Gasteiger partial charge >= 0.3 is 0 Å². The van der Waals surface area contributed by atoms with E-state index in [0.717, 1.165) is 23.2 Å². The molecule has 1 amide bonds. The summed E-state index contributed by atoms with van der Waals surface area (Å²) in [6.45, 7) is 5.76. The predicted molar refractivity (Wildman–Crippen MR) is 88.6 cm³/mol. The third kappa shape index (κ3) is 3.73. The Morgan fingerprint density at radius 2 is 2.09 bits per heavy atom. The Hall–Kier alpha value is -1.27. The molecule has 1 atom stereocenters. The minimum absolute atomic E-state index is 0.00600. The van der Waals surface area contributed by atoms with Gasteiger partial charge < -0.3 is 14.8 Å². The summed E-state index contributed by atoms with van der Waals surface area (Å²) in [5.74, 6) is 2.06. The van der Waals surface area contributed by atoms with Gasteiger partial charge in [0.15, 0.2) is 11.5 Å². The number of rotatable bonds is 3. The van der Waals surface area contributed by atoms with Crippen LogP contribution in [-0.2, 0) is 4.79 Å². The van der Waals surface area contributed by atoms with Crippen molar-refractivity contribution in [2.75, 3.05) is 38.2 Å². The van der Waals surface area contributed by atoms with Crippen molar-refractivity contribution in [2.45, 2.75) is 19.8 Å². The van der Waals surface area contributed by atoms with E-state index in [1.54, 1.807) is 0 Å². The fraction of sp³-hybridized carbons (Fsp3) is 0.562. The first-order valence-corrected chi connectivity index (χ1v) is 8.52. The maximum Gasteiger partial charge on any atom is 0.238 e. The molecule has 0 bridgehead atoms. The fourth-order valence-electron chi connectivity index (χ4n) is 2.98. The molecule has 0 saturated carbocycles. The largest absolute Gasteiger partial charge is 0.486 e. The smallest absolute Gasteiger partial charge is 0.238 e. The summed E-state index contributed by atoms with van der Waals surface area (Å²) in [6, 6.07) is 3.66. The van der Waals surface area contributed by atoms with Crippen LogP contribution >= 0.6 is 15.9 Å². The van der Waals surface area contributed by atoms with Gasteiger partial charge in [0.2, 0.25) is 5.91 Å². The van der Waals surface area contributed by atoms with E-state index in [-0.39, 0.29) is 5.91 Å². The van der Waals surface area contributed by atoms with Crippen molar-refractivity contribution in [3.63, 3.8) is 0 Å². The molecule has 2 aliphatic heterocycles. The SMILES string of the molecule is C[C@@H]1CCCN(CC(=O)Nc2cc3c(cc2Br)OCCO3)C1. The zero-order valence-corrected chi connectivity index (χ0v) is 14.3. The van der Waals surface area contributed by atoms with E-state index in [1.807, 2.05) is 12.1 Å². The van der Waals surface area contributed by atoms with E-state index in [4.69, 9.17) is 9.47 Å². The number of hydrogen-bond donors (Lipinski definition) is 1. The number of piperidine rings is 1. The van der Waals surface area contributed by atoms with Gasteiger partial charge in [0.25, 0.3) is 0 Å². The molecule has 0 radical (unpaired) electrons. The average Bonchev–Trinajstić information content (AvgIpc) is 2.48. The van der Waals surface area contributed by atoms with Crippen molar-refractivity contribution < 1.29 is 14.3 Å². The summed E-state index contributed by atoms with van der Waals surface area (Å²) in [6.07, 6.45) is 2.42. The van der Waals surface area contributed by atoms with Crippen LogP contribution in [0.15, 0.2) is 16.6 Å². The van der Waals surface area contributed by atoms with Crippen molar-refractivity contribution in [3.05, 3.63) is 16.6 Å². The molecular weight excluding hydrogens is 348 g/mol. The monoisotopic (exact) mass is 368 g/mol. The zero-order chi connectivity index (χ0) is 15.5. The van der Waals surface area contributed by atoms with E-state index < -0.39 is 0 Å². The summed E-state index contributed by atoms with van der Waals surface area (Å²) < 4.78 is 11.9. The molecule has 0 aromatic heterocycles. The highest BCUT2D eigenvalue weighted by Gasteiger charge is 2.20. The lowest BCUT2D eigenvalue weighted by Gasteiger charge is -2.30. The molecule has 1 saturated heterocycles. The normalized spacial score (nSPS) is 21.5. The van der Waals surface area contributed by atoms with Crippen LogP contribution in [0.3, 0.4) is 0 Å². The highest BCUT2D eigenvalue weighted by atomic mass is 79.9. The van der Waals surface area contributed by atoms with Crippen LogP contribution in [0, 0.1) is 5.92 Å². The van der Waals surface area contributed by atoms with Crippen molar-refractivity contribution in [1.29, 1.82) is 0 Å². The number of carbonyl (C=O) groups is 1. The second-order valence-corrected chi connectivity index (χ2v) is 6.86. The first kappa shape index (κ1) is 15.6. The molecule has 2 aliphatic rings. The lowest BCUT2D eigenvalue weighted by Crippen LogP contribution is -2.39. The lowest BCUT2D eigenvalue weighted by atomic mass is 10.0. The predicted octanol–water partition coefficient (Wildman–Crippen LogP) is 2.89. The zero-order valence-electron chi connectivity index (χ0n) is 12.7. The number of anilines is 1. The Kier molecular flexibility index (Phi) is 4.88. The molecule has 1 aromatic carbocycles. The van der Waals surface area contributed by atoms with Crippen LogP contribution in [-0.4, -0.2) is 43.7 Å². The maximum absolute atomic E-state index is 12.3. The molecule has 1 aromatic rings. The van der Waals surface area contributed by atoms with Crippen LogP contribution in [0.25, 0.3) is 0 Å². The minimum atomic E-state index is 0.00600. The van der Waals surface area contributed by atoms with Gasteiger partial charge in [-0.3, -0.25) is 9.69 Å². The third-order valence-electron chi connectivity index (χ3n) is 4.01. The van der Waals surface area contributed by atoms with Gasteiger partial charge in [-0.2, -0.15) is 0 Å². The van der Waals surface area contributed by atoms with Crippen LogP contribution in [0.1, 0.15) is 19.8 Å². The molecule has 0 spiro atoms. The van der Waals surface area contributed by atoms with Crippen LogP contribution in [0.4, 0.5) is 5.69 Å². The summed E-state index contributed by atoms with van der Waals surface area (Å²) in [7, 11) is 0. The van der Waals surface area contributed by atoms with Crippen LogP contribution < -0.4 is 14.8 Å². The van der Waals surface area contributed by atoms with Crippen LogP contribution in [0.2, 0.25) is 0 Å². The van der Waals surface area contributed by atoms with Gasteiger partial charge in [-0.15, -0.1) is 0 Å². The molecule has 3 rings (SSSR count). The molecule has 2 heterocycles. The molecule has 0 unspecified atom stereocenters. The first-order valence-electron chi connectivity index (χ1n) is 7.73. The second-order valence-electron chi connectivity index (χ2n) is 6.01. The summed E-state index contributed by atoms with van der Waals surface area (Å²) in [4.78, 5) is 14.5. The number of nitrogens with zero attached hydrogens (tertiary/aromatic N) is 1. The van der Waals surface area contributed by atoms with Crippen molar-refractivity contribution in [1.82, 2.24) is 4.90 Å². The Labute approximate surface area is 139 Å². The van der Waals surface area contributed by atoms with Crippen molar-refractivity contribution in [2.24, 2.45) is 5.92 Å². The maximum atomic E-state index is 12.3. The Bertz CT molecular complexity index is 565. The Morgan fingerprint density at radius 1 is 1.36 bits per heavy atom. The molecule has 22 heavy (non-hydrogen) atoms. The molecule has 1 fully saturated rings. The fourth-order valence-corrected chi connectivity index (χ4v) is 3.40. The highest BCUT2D eigenvalue weighted by Crippen LogP contribution is 2.38. The first-order chi connectivity index (χ1) is 10.6. The summed E-state index contributed by atoms with van der Waals surface area (Å²) in [5, 5.41) is 2.96. The van der Waals surface area contributed by atoms with Gasteiger partial charge in [0.05, 0.1) is 12.2 Å². The van der Waals surface area contributed by atoms with Gasteiger partial charge in [-0.25, -0.2) is 0 Å². The number of hydrogen-bond acceptors (Lipinski definition) is 4. The number of amides is 1. The number of fused-ring (bicyclic) bond motifs is 1. The molecule has 0 aliphatic carbocycles. The Balaban J connectivity index is 1.63. The second kappa shape index (κ2) is 6.87. The lowest BCUT2D eigenvalue weighted by molar-refractivity contribution is -0.117. The number of halogens is 1. The number of nitrogens with one attached hydrogen (secondary N) is 1. The van der Waals surface area contributed by atoms with Gasteiger partial charge in [0.1, 0.15) is 13.2 Å². The van der Waals surface area contributed by atoms with Gasteiger partial charge in [-0.1, -0.05) is 6.92 Å². The number of likely N-dealkylation sites (tertiary alicyclic amines) is 1. The number of benzene rings is 1. The Morgan fingerprint density at radius 3 is 2.82 bits per heavy atom. The molecule has 1 N–H and O–H groups in total. The third-order valence-corrected chi connectivity index (χ3v) is 4.67. The van der Waals surface area contributed by atoms with Crippen molar-refractivity contribution >= 4 is 27.5 Å². The molecular formula is C16H21BrN2O3. The van der Waals surface area contributed by atoms with E-state index in [9.17, 15) is 4.79 Å². The topological polar surface area (TPSA) is 50.8 Å².